The molecule has 0 aliphatic carbocycles. The number of rotatable bonds is 4. The Kier molecular flexibility index (Phi) is 4.17. The van der Waals surface area contributed by atoms with Gasteiger partial charge in [-0.1, -0.05) is 84.9 Å². The Labute approximate surface area is 146 Å². The number of aromatic amines is 1. The SMILES string of the molecule is Fc1cccc2c(C(/C=C/c3ccccc3)c3ccccc3)c[nH]c12. The van der Waals surface area contributed by atoms with Crippen LogP contribution < -0.4 is 0 Å². The molecular weight excluding hydrogens is 309 g/mol. The first-order valence-electron chi connectivity index (χ1n) is 8.36. The van der Waals surface area contributed by atoms with Gasteiger partial charge in [-0.15, -0.1) is 0 Å². The summed E-state index contributed by atoms with van der Waals surface area (Å²) in [6.07, 6.45) is 6.22. The Balaban J connectivity index is 1.83. The van der Waals surface area contributed by atoms with Crippen LogP contribution in [0.5, 0.6) is 0 Å². The van der Waals surface area contributed by atoms with Crippen LogP contribution in [0.25, 0.3) is 17.0 Å². The van der Waals surface area contributed by atoms with Gasteiger partial charge in [-0.2, -0.15) is 0 Å². The van der Waals surface area contributed by atoms with E-state index in [1.165, 1.54) is 11.6 Å². The topological polar surface area (TPSA) is 15.8 Å². The lowest BCUT2D eigenvalue weighted by Gasteiger charge is -2.13. The largest absolute Gasteiger partial charge is 0.358 e. The number of aromatic nitrogens is 1. The molecule has 4 aromatic rings. The summed E-state index contributed by atoms with van der Waals surface area (Å²) in [6.45, 7) is 0. The number of hydrogen-bond donors (Lipinski definition) is 1. The van der Waals surface area contributed by atoms with E-state index in [1.807, 2.05) is 48.7 Å². The maximum atomic E-state index is 14.1. The van der Waals surface area contributed by atoms with E-state index in [0.717, 1.165) is 16.5 Å². The van der Waals surface area contributed by atoms with Crippen LogP contribution in [0, 0.1) is 5.82 Å². The first kappa shape index (κ1) is 15.4. The van der Waals surface area contributed by atoms with Crippen molar-refractivity contribution in [2.45, 2.75) is 5.92 Å². The molecule has 2 heteroatoms. The Morgan fingerprint density at radius 1 is 0.800 bits per heavy atom. The summed E-state index contributed by atoms with van der Waals surface area (Å²) in [7, 11) is 0. The third-order valence-corrected chi connectivity index (χ3v) is 4.47. The number of halogens is 1. The first-order valence-corrected chi connectivity index (χ1v) is 8.36. The normalized spacial score (nSPS) is 12.7. The molecule has 4 rings (SSSR count). The monoisotopic (exact) mass is 327 g/mol. The summed E-state index contributed by atoms with van der Waals surface area (Å²) < 4.78 is 14.1. The molecule has 1 unspecified atom stereocenters. The van der Waals surface area contributed by atoms with Crippen LogP contribution in [0.2, 0.25) is 0 Å². The molecule has 0 saturated carbocycles. The molecule has 3 aromatic carbocycles. The number of fused-ring (bicyclic) bond motifs is 1. The lowest BCUT2D eigenvalue weighted by molar-refractivity contribution is 0.637. The quantitative estimate of drug-likeness (QED) is 0.462. The third kappa shape index (κ3) is 3.11. The van der Waals surface area contributed by atoms with Gasteiger partial charge < -0.3 is 4.98 Å². The molecule has 1 nitrogen and oxygen atoms in total. The van der Waals surface area contributed by atoms with Gasteiger partial charge in [-0.3, -0.25) is 0 Å². The molecule has 1 atom stereocenters. The number of para-hydroxylation sites is 1. The van der Waals surface area contributed by atoms with Crippen LogP contribution in [0.15, 0.2) is 91.1 Å². The minimum Gasteiger partial charge on any atom is -0.358 e. The van der Waals surface area contributed by atoms with E-state index < -0.39 is 0 Å². The van der Waals surface area contributed by atoms with Crippen molar-refractivity contribution in [1.29, 1.82) is 0 Å². The predicted octanol–water partition coefficient (Wildman–Crippen LogP) is 6.15. The molecule has 1 N–H and O–H groups in total. The zero-order valence-electron chi connectivity index (χ0n) is 13.7. The molecule has 0 spiro atoms. The van der Waals surface area contributed by atoms with E-state index in [-0.39, 0.29) is 11.7 Å². The van der Waals surface area contributed by atoms with Gasteiger partial charge in [0.05, 0.1) is 5.52 Å². The van der Waals surface area contributed by atoms with Crippen molar-refractivity contribution in [3.8, 4) is 0 Å². The fraction of sp³-hybridized carbons (Fsp3) is 0.0435. The van der Waals surface area contributed by atoms with E-state index in [4.69, 9.17) is 0 Å². The molecule has 1 aromatic heterocycles. The fourth-order valence-electron chi connectivity index (χ4n) is 3.22. The molecule has 0 aliphatic heterocycles. The van der Waals surface area contributed by atoms with Gasteiger partial charge in [-0.05, 0) is 22.8 Å². The Bertz CT molecular complexity index is 1000. The number of nitrogens with one attached hydrogen (secondary N) is 1. The van der Waals surface area contributed by atoms with Gasteiger partial charge in [0.2, 0.25) is 0 Å². The molecule has 122 valence electrons. The van der Waals surface area contributed by atoms with Crippen LogP contribution in [0.3, 0.4) is 0 Å². The van der Waals surface area contributed by atoms with Gasteiger partial charge in [0.1, 0.15) is 5.82 Å². The summed E-state index contributed by atoms with van der Waals surface area (Å²) in [5.41, 5.74) is 3.97. The van der Waals surface area contributed by atoms with Crippen molar-refractivity contribution in [1.82, 2.24) is 4.98 Å². The molecule has 0 bridgehead atoms. The predicted molar refractivity (Wildman–Crippen MR) is 102 cm³/mol. The number of hydrogen-bond acceptors (Lipinski definition) is 0. The average molecular weight is 327 g/mol. The van der Waals surface area contributed by atoms with Crippen molar-refractivity contribution in [2.24, 2.45) is 0 Å². The van der Waals surface area contributed by atoms with E-state index in [0.29, 0.717) is 5.52 Å². The Morgan fingerprint density at radius 3 is 2.28 bits per heavy atom. The van der Waals surface area contributed by atoms with Crippen molar-refractivity contribution >= 4 is 17.0 Å². The summed E-state index contributed by atoms with van der Waals surface area (Å²) in [5.74, 6) is -0.167. The molecule has 25 heavy (non-hydrogen) atoms. The van der Waals surface area contributed by atoms with Gasteiger partial charge in [0.25, 0.3) is 0 Å². The molecule has 0 amide bonds. The second-order valence-corrected chi connectivity index (χ2v) is 6.06. The van der Waals surface area contributed by atoms with Crippen LogP contribution in [0.1, 0.15) is 22.6 Å². The van der Waals surface area contributed by atoms with E-state index in [1.54, 1.807) is 6.07 Å². The lowest BCUT2D eigenvalue weighted by Crippen LogP contribution is -1.96. The van der Waals surface area contributed by atoms with Crippen LogP contribution in [-0.2, 0) is 0 Å². The minimum atomic E-state index is -0.220. The molecule has 0 aliphatic rings. The zero-order chi connectivity index (χ0) is 17.1. The van der Waals surface area contributed by atoms with Crippen molar-refractivity contribution < 1.29 is 4.39 Å². The van der Waals surface area contributed by atoms with Gasteiger partial charge >= 0.3 is 0 Å². The first-order chi connectivity index (χ1) is 12.3. The minimum absolute atomic E-state index is 0.0527. The highest BCUT2D eigenvalue weighted by molar-refractivity contribution is 5.85. The molecule has 0 radical (unpaired) electrons. The van der Waals surface area contributed by atoms with Crippen LogP contribution in [0.4, 0.5) is 4.39 Å². The summed E-state index contributed by atoms with van der Waals surface area (Å²) in [5, 5.41) is 0.923. The second kappa shape index (κ2) is 6.78. The van der Waals surface area contributed by atoms with Crippen LogP contribution in [-0.4, -0.2) is 4.98 Å². The molecule has 0 saturated heterocycles. The van der Waals surface area contributed by atoms with Gasteiger partial charge in [-0.25, -0.2) is 4.39 Å². The second-order valence-electron chi connectivity index (χ2n) is 6.06. The van der Waals surface area contributed by atoms with Crippen LogP contribution >= 0.6 is 0 Å². The summed E-state index contributed by atoms with van der Waals surface area (Å²) >= 11 is 0. The maximum absolute atomic E-state index is 14.1. The lowest BCUT2D eigenvalue weighted by atomic mass is 9.90. The van der Waals surface area contributed by atoms with E-state index in [2.05, 4.69) is 41.4 Å². The molecule has 1 heterocycles. The zero-order valence-corrected chi connectivity index (χ0v) is 13.7. The molecular formula is C23H18FN. The number of benzene rings is 3. The number of allylic oxidation sites excluding steroid dienone is 1. The fourth-order valence-corrected chi connectivity index (χ4v) is 3.22. The van der Waals surface area contributed by atoms with E-state index >= 15 is 0 Å². The maximum Gasteiger partial charge on any atom is 0.147 e. The van der Waals surface area contributed by atoms with Crippen molar-refractivity contribution in [3.05, 3.63) is 114 Å². The van der Waals surface area contributed by atoms with E-state index in [9.17, 15) is 4.39 Å². The average Bonchev–Trinajstić information content (AvgIpc) is 3.09. The summed E-state index contributed by atoms with van der Waals surface area (Å²) in [6, 6.07) is 25.7. The smallest absolute Gasteiger partial charge is 0.147 e. The highest BCUT2D eigenvalue weighted by atomic mass is 19.1. The number of H-pyrrole nitrogens is 1. The highest BCUT2D eigenvalue weighted by Gasteiger charge is 2.16. The van der Waals surface area contributed by atoms with Crippen molar-refractivity contribution in [3.63, 3.8) is 0 Å². The van der Waals surface area contributed by atoms with Gasteiger partial charge in [0.15, 0.2) is 0 Å². The molecule has 0 fully saturated rings. The van der Waals surface area contributed by atoms with Gasteiger partial charge in [0, 0.05) is 17.5 Å². The summed E-state index contributed by atoms with van der Waals surface area (Å²) in [4.78, 5) is 3.10. The van der Waals surface area contributed by atoms with Crippen molar-refractivity contribution in [2.75, 3.05) is 0 Å². The third-order valence-electron chi connectivity index (χ3n) is 4.47. The standard InChI is InChI=1S/C23H18FN/c24-22-13-7-12-20-21(16-25-23(20)22)19(18-10-5-2-6-11-18)15-14-17-8-3-1-4-9-17/h1-16,19,25H/b15-14+. The Hall–Kier alpha value is -3.13. The highest BCUT2D eigenvalue weighted by Crippen LogP contribution is 2.33. The Morgan fingerprint density at radius 2 is 1.52 bits per heavy atom.